The monoisotopic (exact) mass is 152 g/mol. The maximum absolute atomic E-state index is 12.1. The maximum Gasteiger partial charge on any atom is 0.377 e. The van der Waals surface area contributed by atoms with Gasteiger partial charge in [0.25, 0.3) is 0 Å². The molecule has 0 saturated heterocycles. The van der Waals surface area contributed by atoms with Crippen LogP contribution in [-0.4, -0.2) is 25.3 Å². The number of aldehydes is 1. The Labute approximate surface area is 56.0 Å². The summed E-state index contributed by atoms with van der Waals surface area (Å²) in [7, 11) is 0.834. The molecular weight excluding hydrogens is 146 g/mol. The summed E-state index contributed by atoms with van der Waals surface area (Å²) in [5.74, 6) is -5.35. The highest BCUT2D eigenvalue weighted by Gasteiger charge is 2.39. The highest BCUT2D eigenvalue weighted by Crippen LogP contribution is 2.17. The summed E-state index contributed by atoms with van der Waals surface area (Å²) in [4.78, 5) is 19.6. The molecule has 0 aromatic rings. The smallest absolute Gasteiger partial charge is 0.377 e. The van der Waals surface area contributed by atoms with E-state index in [4.69, 9.17) is 0 Å². The number of carbonyl (C=O) groups excluding carboxylic acids is 2. The predicted molar refractivity (Wildman–Crippen MR) is 27.6 cm³/mol. The predicted octanol–water partition coefficient (Wildman–Crippen LogP) is 0.384. The lowest BCUT2D eigenvalue weighted by Crippen LogP contribution is -2.30. The summed E-state index contributed by atoms with van der Waals surface area (Å²) < 4.78 is 27.9. The highest BCUT2D eigenvalue weighted by molar-refractivity contribution is 5.80. The number of esters is 1. The second kappa shape index (κ2) is 3.24. The standard InChI is InChI=1S/C5H6F2O3/c1-10-4(9)5(6,7)2-3-8/h3H,2H2,1H3. The average molecular weight is 152 g/mol. The molecule has 0 N–H and O–H groups in total. The van der Waals surface area contributed by atoms with Crippen molar-refractivity contribution in [2.24, 2.45) is 0 Å². The van der Waals surface area contributed by atoms with Gasteiger partial charge in [-0.2, -0.15) is 8.78 Å². The summed E-state index contributed by atoms with van der Waals surface area (Å²) in [5.41, 5.74) is 0. The maximum atomic E-state index is 12.1. The number of alkyl halides is 2. The van der Waals surface area contributed by atoms with Crippen LogP contribution in [0.4, 0.5) is 8.78 Å². The Balaban J connectivity index is 4.08. The Hall–Kier alpha value is -1.00. The number of hydrogen-bond acceptors (Lipinski definition) is 3. The molecule has 5 heteroatoms. The molecule has 0 rings (SSSR count). The zero-order valence-electron chi connectivity index (χ0n) is 5.27. The van der Waals surface area contributed by atoms with E-state index in [0.29, 0.717) is 0 Å². The van der Waals surface area contributed by atoms with Crippen molar-refractivity contribution in [1.29, 1.82) is 0 Å². The quantitative estimate of drug-likeness (QED) is 0.433. The molecule has 58 valence electrons. The third-order valence-corrected chi connectivity index (χ3v) is 0.824. The Bertz CT molecular complexity index is 144. The Morgan fingerprint density at radius 1 is 1.70 bits per heavy atom. The van der Waals surface area contributed by atoms with Gasteiger partial charge in [-0.1, -0.05) is 0 Å². The third kappa shape index (κ3) is 2.08. The Kier molecular flexibility index (Phi) is 2.92. The number of carbonyl (C=O) groups is 2. The van der Waals surface area contributed by atoms with Gasteiger partial charge in [0.1, 0.15) is 6.29 Å². The van der Waals surface area contributed by atoms with Crippen molar-refractivity contribution < 1.29 is 23.1 Å². The summed E-state index contributed by atoms with van der Waals surface area (Å²) in [6.07, 6.45) is -1.16. The van der Waals surface area contributed by atoms with E-state index in [2.05, 4.69) is 4.74 Å². The van der Waals surface area contributed by atoms with Gasteiger partial charge in [-0.15, -0.1) is 0 Å². The molecule has 0 radical (unpaired) electrons. The van der Waals surface area contributed by atoms with E-state index >= 15 is 0 Å². The molecule has 0 amide bonds. The topological polar surface area (TPSA) is 43.4 Å². The van der Waals surface area contributed by atoms with Gasteiger partial charge in [-0.05, 0) is 0 Å². The van der Waals surface area contributed by atoms with Crippen molar-refractivity contribution in [2.75, 3.05) is 7.11 Å². The number of halogens is 2. The van der Waals surface area contributed by atoms with Crippen LogP contribution in [0.5, 0.6) is 0 Å². The fraction of sp³-hybridized carbons (Fsp3) is 0.600. The average Bonchev–Trinajstić information content (AvgIpc) is 1.86. The van der Waals surface area contributed by atoms with E-state index in [1.807, 2.05) is 0 Å². The van der Waals surface area contributed by atoms with Gasteiger partial charge in [-0.3, -0.25) is 0 Å². The van der Waals surface area contributed by atoms with Gasteiger partial charge < -0.3 is 9.53 Å². The fourth-order valence-electron chi connectivity index (χ4n) is 0.337. The minimum atomic E-state index is -3.67. The van der Waals surface area contributed by atoms with Crippen molar-refractivity contribution in [3.8, 4) is 0 Å². The van der Waals surface area contributed by atoms with Crippen LogP contribution in [0.3, 0.4) is 0 Å². The molecule has 3 nitrogen and oxygen atoms in total. The number of methoxy groups -OCH3 is 1. The second-order valence-corrected chi connectivity index (χ2v) is 1.57. The van der Waals surface area contributed by atoms with Crippen LogP contribution >= 0.6 is 0 Å². The van der Waals surface area contributed by atoms with Crippen LogP contribution in [-0.2, 0) is 14.3 Å². The summed E-state index contributed by atoms with van der Waals surface area (Å²) in [5, 5.41) is 0. The molecule has 10 heavy (non-hydrogen) atoms. The fourth-order valence-corrected chi connectivity index (χ4v) is 0.337. The molecule has 0 spiro atoms. The number of ether oxygens (including phenoxy) is 1. The van der Waals surface area contributed by atoms with Gasteiger partial charge in [0.2, 0.25) is 0 Å². The SMILES string of the molecule is COC(=O)C(F)(F)CC=O. The van der Waals surface area contributed by atoms with Crippen molar-refractivity contribution in [2.45, 2.75) is 12.3 Å². The zero-order valence-corrected chi connectivity index (χ0v) is 5.27. The first-order chi connectivity index (χ1) is 4.54. The molecule has 0 aliphatic heterocycles. The van der Waals surface area contributed by atoms with Crippen LogP contribution in [0.15, 0.2) is 0 Å². The van der Waals surface area contributed by atoms with Gasteiger partial charge in [0.05, 0.1) is 13.5 Å². The lowest BCUT2D eigenvalue weighted by Gasteiger charge is -2.08. The second-order valence-electron chi connectivity index (χ2n) is 1.57. The van der Waals surface area contributed by atoms with E-state index in [1.165, 1.54) is 0 Å². The molecule has 0 aromatic heterocycles. The van der Waals surface area contributed by atoms with Crippen LogP contribution in [0.25, 0.3) is 0 Å². The first kappa shape index (κ1) is 9.00. The Morgan fingerprint density at radius 2 is 2.20 bits per heavy atom. The first-order valence-electron chi connectivity index (χ1n) is 2.44. The van der Waals surface area contributed by atoms with E-state index < -0.39 is 18.3 Å². The van der Waals surface area contributed by atoms with Crippen molar-refractivity contribution >= 4 is 12.3 Å². The van der Waals surface area contributed by atoms with E-state index in [0.717, 1.165) is 7.11 Å². The Morgan fingerprint density at radius 3 is 2.50 bits per heavy atom. The minimum Gasteiger partial charge on any atom is -0.465 e. The molecule has 0 unspecified atom stereocenters. The van der Waals surface area contributed by atoms with E-state index in [9.17, 15) is 18.4 Å². The van der Waals surface area contributed by atoms with Crippen molar-refractivity contribution in [3.05, 3.63) is 0 Å². The molecule has 0 heterocycles. The van der Waals surface area contributed by atoms with E-state index in [-0.39, 0.29) is 6.29 Å². The molecule has 0 aliphatic carbocycles. The molecule has 0 aliphatic rings. The molecule has 0 saturated carbocycles. The minimum absolute atomic E-state index is 0.0308. The van der Waals surface area contributed by atoms with E-state index in [1.54, 1.807) is 0 Å². The van der Waals surface area contributed by atoms with Crippen molar-refractivity contribution in [1.82, 2.24) is 0 Å². The molecule has 0 aromatic carbocycles. The van der Waals surface area contributed by atoms with Crippen LogP contribution in [0.1, 0.15) is 6.42 Å². The van der Waals surface area contributed by atoms with Crippen molar-refractivity contribution in [3.63, 3.8) is 0 Å². The lowest BCUT2D eigenvalue weighted by atomic mass is 10.3. The summed E-state index contributed by atoms with van der Waals surface area (Å²) >= 11 is 0. The van der Waals surface area contributed by atoms with Gasteiger partial charge in [0.15, 0.2) is 0 Å². The van der Waals surface area contributed by atoms with Crippen LogP contribution in [0, 0.1) is 0 Å². The highest BCUT2D eigenvalue weighted by atomic mass is 19.3. The zero-order chi connectivity index (χ0) is 8.20. The normalized spacial score (nSPS) is 10.7. The lowest BCUT2D eigenvalue weighted by molar-refractivity contribution is -0.169. The first-order valence-corrected chi connectivity index (χ1v) is 2.44. The molecule has 0 atom stereocenters. The van der Waals surface area contributed by atoms with Crippen LogP contribution < -0.4 is 0 Å². The number of hydrogen-bond donors (Lipinski definition) is 0. The summed E-state index contributed by atoms with van der Waals surface area (Å²) in [6.45, 7) is 0. The summed E-state index contributed by atoms with van der Waals surface area (Å²) in [6, 6.07) is 0. The third-order valence-electron chi connectivity index (χ3n) is 0.824. The molecular formula is C5H6F2O3. The number of rotatable bonds is 3. The van der Waals surface area contributed by atoms with Crippen LogP contribution in [0.2, 0.25) is 0 Å². The molecule has 0 fully saturated rings. The molecule has 0 bridgehead atoms. The van der Waals surface area contributed by atoms with Gasteiger partial charge >= 0.3 is 11.9 Å². The van der Waals surface area contributed by atoms with Gasteiger partial charge in [0, 0.05) is 0 Å². The van der Waals surface area contributed by atoms with Gasteiger partial charge in [-0.25, -0.2) is 4.79 Å². The largest absolute Gasteiger partial charge is 0.465 e.